The van der Waals surface area contributed by atoms with Crippen LogP contribution in [0.3, 0.4) is 0 Å². The maximum Gasteiger partial charge on any atom is 0.335 e. The van der Waals surface area contributed by atoms with Crippen LogP contribution in [-0.4, -0.2) is 42.9 Å². The van der Waals surface area contributed by atoms with Crippen molar-refractivity contribution in [2.75, 3.05) is 18.1 Å². The van der Waals surface area contributed by atoms with Gasteiger partial charge in [0.15, 0.2) is 23.3 Å². The molecule has 2 saturated carbocycles. The average molecular weight is 736 g/mol. The molecule has 4 aromatic carbocycles. The van der Waals surface area contributed by atoms with Crippen LogP contribution in [0.25, 0.3) is 0 Å². The van der Waals surface area contributed by atoms with Crippen molar-refractivity contribution in [3.8, 4) is 11.8 Å². The van der Waals surface area contributed by atoms with Gasteiger partial charge in [0, 0.05) is 12.6 Å². The summed E-state index contributed by atoms with van der Waals surface area (Å²) in [6, 6.07) is 17.6. The van der Waals surface area contributed by atoms with Crippen molar-refractivity contribution in [3.05, 3.63) is 123 Å². The van der Waals surface area contributed by atoms with Gasteiger partial charge in [-0.1, -0.05) is 36.4 Å². The lowest BCUT2D eigenvalue weighted by atomic mass is 9.99. The molecule has 2 fully saturated rings. The Morgan fingerprint density at radius 2 is 1.54 bits per heavy atom. The third kappa shape index (κ3) is 7.66. The number of ether oxygens (including phenoxy) is 1. The van der Waals surface area contributed by atoms with Crippen molar-refractivity contribution in [2.45, 2.75) is 62.4 Å². The number of carbonyl (C=O) groups excluding carboxylic acids is 1. The second-order valence-electron chi connectivity index (χ2n) is 12.8. The third-order valence-electron chi connectivity index (χ3n) is 9.06. The first-order chi connectivity index (χ1) is 24.8. The van der Waals surface area contributed by atoms with E-state index in [-0.39, 0.29) is 47.3 Å². The molecule has 52 heavy (non-hydrogen) atoms. The minimum Gasteiger partial charge on any atom is -0.492 e. The fourth-order valence-corrected chi connectivity index (χ4v) is 7.51. The SMILES string of the molecule is CCOc1cc(C(=O)O)ccc1N(Cc1cc(C2CC2)cc(C2CC2)c1)C(=O)CN(Cc1ccccc1C#N)S(=O)(=O)c1cc(F)c(F)c(F)c1F. The van der Waals surface area contributed by atoms with E-state index in [0.29, 0.717) is 21.7 Å². The predicted molar refractivity (Wildman–Crippen MR) is 181 cm³/mol. The number of carbonyl (C=O) groups is 2. The number of nitriles is 1. The Morgan fingerprint density at radius 1 is 0.885 bits per heavy atom. The summed E-state index contributed by atoms with van der Waals surface area (Å²) in [4.78, 5) is 26.1. The fourth-order valence-electron chi connectivity index (χ4n) is 6.07. The largest absolute Gasteiger partial charge is 0.492 e. The smallest absolute Gasteiger partial charge is 0.335 e. The number of benzene rings is 4. The minimum absolute atomic E-state index is 0.00484. The Hall–Kier alpha value is -5.26. The lowest BCUT2D eigenvalue weighted by Crippen LogP contribution is -2.43. The van der Waals surface area contributed by atoms with E-state index in [1.165, 1.54) is 47.4 Å². The van der Waals surface area contributed by atoms with Crippen LogP contribution in [0, 0.1) is 34.6 Å². The third-order valence-corrected chi connectivity index (χ3v) is 10.8. The molecule has 0 aromatic heterocycles. The highest BCUT2D eigenvalue weighted by Crippen LogP contribution is 2.46. The molecule has 6 rings (SSSR count). The molecule has 0 radical (unpaired) electrons. The molecule has 0 atom stereocenters. The van der Waals surface area contributed by atoms with E-state index in [1.807, 2.05) is 18.2 Å². The van der Waals surface area contributed by atoms with Crippen molar-refractivity contribution in [1.82, 2.24) is 4.31 Å². The number of amides is 1. The Labute approximate surface area is 297 Å². The van der Waals surface area contributed by atoms with Crippen molar-refractivity contribution < 1.29 is 45.4 Å². The zero-order valence-electron chi connectivity index (χ0n) is 27.9. The molecule has 0 saturated heterocycles. The van der Waals surface area contributed by atoms with Crippen molar-refractivity contribution in [2.24, 2.45) is 0 Å². The number of hydrogen-bond acceptors (Lipinski definition) is 6. The van der Waals surface area contributed by atoms with E-state index >= 15 is 4.39 Å². The van der Waals surface area contributed by atoms with Gasteiger partial charge in [0.05, 0.1) is 42.6 Å². The van der Waals surface area contributed by atoms with E-state index in [9.17, 15) is 41.5 Å². The summed E-state index contributed by atoms with van der Waals surface area (Å²) in [5.74, 6) is -10.2. The predicted octanol–water partition coefficient (Wildman–Crippen LogP) is 7.39. The van der Waals surface area contributed by atoms with E-state index < -0.39 is 63.2 Å². The quantitative estimate of drug-likeness (QED) is 0.0813. The van der Waals surface area contributed by atoms with Gasteiger partial charge in [-0.3, -0.25) is 4.79 Å². The van der Waals surface area contributed by atoms with Gasteiger partial charge >= 0.3 is 5.97 Å². The summed E-state index contributed by atoms with van der Waals surface area (Å²) in [5.41, 5.74) is 2.97. The van der Waals surface area contributed by atoms with Crippen LogP contribution in [0.15, 0.2) is 71.6 Å². The van der Waals surface area contributed by atoms with E-state index in [1.54, 1.807) is 6.92 Å². The Kier molecular flexibility index (Phi) is 10.4. The molecule has 4 aromatic rings. The Morgan fingerprint density at radius 3 is 2.13 bits per heavy atom. The maximum absolute atomic E-state index is 15.1. The van der Waals surface area contributed by atoms with Gasteiger partial charge in [0.1, 0.15) is 10.6 Å². The molecule has 0 aliphatic heterocycles. The highest BCUT2D eigenvalue weighted by Gasteiger charge is 2.36. The zero-order valence-corrected chi connectivity index (χ0v) is 28.7. The summed E-state index contributed by atoms with van der Waals surface area (Å²) in [6.07, 6.45) is 4.05. The van der Waals surface area contributed by atoms with Gasteiger partial charge in [-0.05, 0) is 91.0 Å². The first kappa shape index (κ1) is 36.5. The van der Waals surface area contributed by atoms with Crippen LogP contribution in [-0.2, 0) is 27.9 Å². The van der Waals surface area contributed by atoms with E-state index in [0.717, 1.165) is 36.8 Å². The van der Waals surface area contributed by atoms with Crippen LogP contribution < -0.4 is 9.64 Å². The summed E-state index contributed by atoms with van der Waals surface area (Å²) in [6.45, 7) is -0.159. The van der Waals surface area contributed by atoms with Crippen molar-refractivity contribution >= 4 is 27.6 Å². The van der Waals surface area contributed by atoms with Crippen LogP contribution in [0.4, 0.5) is 23.2 Å². The first-order valence-corrected chi connectivity index (χ1v) is 18.0. The molecule has 0 heterocycles. The van der Waals surface area contributed by atoms with Crippen LogP contribution in [0.2, 0.25) is 0 Å². The maximum atomic E-state index is 15.1. The second kappa shape index (κ2) is 14.8. The number of sulfonamides is 1. The molecule has 270 valence electrons. The second-order valence-corrected chi connectivity index (χ2v) is 14.7. The molecule has 1 amide bonds. The molecule has 9 nitrogen and oxygen atoms in total. The number of hydrogen-bond donors (Lipinski definition) is 1. The highest BCUT2D eigenvalue weighted by atomic mass is 32.2. The van der Waals surface area contributed by atoms with E-state index in [4.69, 9.17) is 4.74 Å². The molecule has 0 spiro atoms. The number of anilines is 1. The number of halogens is 4. The van der Waals surface area contributed by atoms with Gasteiger partial charge in [0.25, 0.3) is 0 Å². The summed E-state index contributed by atoms with van der Waals surface area (Å²) < 4.78 is 92.1. The number of rotatable bonds is 14. The average Bonchev–Trinajstić information content (AvgIpc) is 4.05. The Bertz CT molecular complexity index is 2190. The van der Waals surface area contributed by atoms with Crippen molar-refractivity contribution in [1.29, 1.82) is 5.26 Å². The monoisotopic (exact) mass is 735 g/mol. The van der Waals surface area contributed by atoms with Crippen LogP contribution >= 0.6 is 0 Å². The fraction of sp³-hybridized carbons (Fsp3) is 0.289. The van der Waals surface area contributed by atoms with Gasteiger partial charge in [-0.25, -0.2) is 30.8 Å². The normalized spacial score (nSPS) is 14.2. The van der Waals surface area contributed by atoms with Gasteiger partial charge < -0.3 is 14.7 Å². The number of nitrogens with zero attached hydrogens (tertiary/aromatic N) is 3. The summed E-state index contributed by atoms with van der Waals surface area (Å²) >= 11 is 0. The zero-order chi connectivity index (χ0) is 37.3. The molecule has 1 N–H and O–H groups in total. The number of carboxylic acids is 1. The molecule has 0 bridgehead atoms. The van der Waals surface area contributed by atoms with Gasteiger partial charge in [-0.2, -0.15) is 9.57 Å². The summed E-state index contributed by atoms with van der Waals surface area (Å²) in [7, 11) is -5.31. The van der Waals surface area contributed by atoms with E-state index in [2.05, 4.69) is 6.07 Å². The molecule has 14 heteroatoms. The van der Waals surface area contributed by atoms with Gasteiger partial charge in [0.2, 0.25) is 15.9 Å². The summed E-state index contributed by atoms with van der Waals surface area (Å²) in [5, 5.41) is 19.4. The van der Waals surface area contributed by atoms with Crippen LogP contribution in [0.5, 0.6) is 5.75 Å². The lowest BCUT2D eigenvalue weighted by Gasteiger charge is -2.29. The Balaban J connectivity index is 1.47. The van der Waals surface area contributed by atoms with Crippen molar-refractivity contribution in [3.63, 3.8) is 0 Å². The highest BCUT2D eigenvalue weighted by molar-refractivity contribution is 7.89. The number of carboxylic acid groups (broad SMARTS) is 1. The molecule has 2 aliphatic carbocycles. The molecule has 0 unspecified atom stereocenters. The van der Waals surface area contributed by atoms with Crippen LogP contribution in [0.1, 0.15) is 82.6 Å². The first-order valence-electron chi connectivity index (χ1n) is 16.6. The minimum atomic E-state index is -5.31. The molecule has 2 aliphatic rings. The molecular formula is C38H33F4N3O6S. The molecular weight excluding hydrogens is 702 g/mol. The lowest BCUT2D eigenvalue weighted by molar-refractivity contribution is -0.119. The van der Waals surface area contributed by atoms with Gasteiger partial charge in [-0.15, -0.1) is 0 Å². The standard InChI is InChI=1S/C38H33F4N3O6S/c1-2-51-32-16-25(38(47)48)11-12-31(32)45(19-22-13-28(23-7-8-23)15-29(14-22)24-9-10-24)34(46)21-44(20-27-6-4-3-5-26(27)18-43)52(49,50)33-17-30(39)35(40)37(42)36(33)41/h3-6,11-17,23-24H,2,7-10,19-21H2,1H3,(H,47,48). The topological polar surface area (TPSA) is 128 Å². The number of aromatic carboxylic acids is 1.